The van der Waals surface area contributed by atoms with E-state index in [0.717, 1.165) is 38.0 Å². The van der Waals surface area contributed by atoms with E-state index in [2.05, 4.69) is 32.6 Å². The molecular formula is C16H25NO. The molecule has 0 aromatic heterocycles. The minimum atomic E-state index is 0.231. The molecule has 0 bridgehead atoms. The number of allylic oxidation sites excluding steroid dienone is 1. The van der Waals surface area contributed by atoms with Gasteiger partial charge >= 0.3 is 0 Å². The van der Waals surface area contributed by atoms with Gasteiger partial charge in [0.2, 0.25) is 0 Å². The average molecular weight is 247 g/mol. The van der Waals surface area contributed by atoms with E-state index in [9.17, 15) is 0 Å². The highest BCUT2D eigenvalue weighted by Gasteiger charge is 2.03. The van der Waals surface area contributed by atoms with Crippen molar-refractivity contribution in [3.63, 3.8) is 0 Å². The monoisotopic (exact) mass is 247 g/mol. The maximum atomic E-state index is 5.82. The maximum absolute atomic E-state index is 5.82. The largest absolute Gasteiger partial charge is 0.491 e. The first kappa shape index (κ1) is 14.8. The zero-order valence-corrected chi connectivity index (χ0v) is 11.6. The molecule has 0 aliphatic carbocycles. The molecule has 2 heteroatoms. The van der Waals surface area contributed by atoms with E-state index < -0.39 is 0 Å². The molecule has 2 nitrogen and oxygen atoms in total. The number of benzene rings is 1. The number of rotatable bonds is 8. The molecule has 0 aliphatic rings. The topological polar surface area (TPSA) is 35.2 Å². The fraction of sp³-hybridized carbons (Fsp3) is 0.500. The predicted molar refractivity (Wildman–Crippen MR) is 78.0 cm³/mol. The standard InChI is InChI=1S/C16H25NO/c1-13(2)6-7-15-8-10-16(11-9-15)18-14(3)5-4-12-17/h8-11,14H,1,4-7,12,17H2,2-3H3. The lowest BCUT2D eigenvalue weighted by molar-refractivity contribution is 0.208. The fourth-order valence-electron chi connectivity index (χ4n) is 1.79. The van der Waals surface area contributed by atoms with E-state index in [0.29, 0.717) is 0 Å². The van der Waals surface area contributed by atoms with E-state index in [4.69, 9.17) is 10.5 Å². The van der Waals surface area contributed by atoms with Gasteiger partial charge in [0, 0.05) is 0 Å². The number of hydrogen-bond acceptors (Lipinski definition) is 2. The van der Waals surface area contributed by atoms with Crippen LogP contribution in [0.3, 0.4) is 0 Å². The Labute approximate surface area is 111 Å². The third kappa shape index (κ3) is 5.87. The zero-order chi connectivity index (χ0) is 13.4. The molecule has 18 heavy (non-hydrogen) atoms. The first-order chi connectivity index (χ1) is 8.61. The molecule has 1 aromatic rings. The fourth-order valence-corrected chi connectivity index (χ4v) is 1.79. The lowest BCUT2D eigenvalue weighted by Gasteiger charge is -2.14. The van der Waals surface area contributed by atoms with E-state index in [1.165, 1.54) is 11.1 Å². The van der Waals surface area contributed by atoms with Crippen LogP contribution in [0.1, 0.15) is 38.7 Å². The Hall–Kier alpha value is -1.28. The molecule has 0 heterocycles. The first-order valence-corrected chi connectivity index (χ1v) is 6.72. The van der Waals surface area contributed by atoms with Crippen LogP contribution in [0.15, 0.2) is 36.4 Å². The van der Waals surface area contributed by atoms with E-state index in [1.807, 2.05) is 12.1 Å². The summed E-state index contributed by atoms with van der Waals surface area (Å²) in [6.45, 7) is 8.80. The van der Waals surface area contributed by atoms with Crippen LogP contribution in [-0.2, 0) is 6.42 Å². The number of ether oxygens (including phenoxy) is 1. The van der Waals surface area contributed by atoms with Crippen molar-refractivity contribution in [3.8, 4) is 5.75 Å². The van der Waals surface area contributed by atoms with E-state index in [-0.39, 0.29) is 6.10 Å². The molecule has 100 valence electrons. The second kappa shape index (κ2) is 7.93. The number of aryl methyl sites for hydroxylation is 1. The van der Waals surface area contributed by atoms with Gasteiger partial charge in [-0.25, -0.2) is 0 Å². The minimum Gasteiger partial charge on any atom is -0.491 e. The summed E-state index contributed by atoms with van der Waals surface area (Å²) in [5, 5.41) is 0. The predicted octanol–water partition coefficient (Wildman–Crippen LogP) is 3.70. The molecule has 0 radical (unpaired) electrons. The van der Waals surface area contributed by atoms with Gasteiger partial charge in [-0.2, -0.15) is 0 Å². The van der Waals surface area contributed by atoms with Gasteiger partial charge < -0.3 is 10.5 Å². The van der Waals surface area contributed by atoms with Crippen LogP contribution in [-0.4, -0.2) is 12.6 Å². The number of hydrogen-bond donors (Lipinski definition) is 1. The molecule has 1 atom stereocenters. The van der Waals surface area contributed by atoms with Crippen LogP contribution in [0.25, 0.3) is 0 Å². The molecule has 1 unspecified atom stereocenters. The molecule has 0 saturated carbocycles. The van der Waals surface area contributed by atoms with Crippen molar-refractivity contribution in [1.29, 1.82) is 0 Å². The molecule has 1 aromatic carbocycles. The Morgan fingerprint density at radius 2 is 2.00 bits per heavy atom. The molecular weight excluding hydrogens is 222 g/mol. The van der Waals surface area contributed by atoms with Crippen molar-refractivity contribution in [3.05, 3.63) is 42.0 Å². The highest BCUT2D eigenvalue weighted by molar-refractivity contribution is 5.27. The van der Waals surface area contributed by atoms with Crippen LogP contribution < -0.4 is 10.5 Å². The summed E-state index contributed by atoms with van der Waals surface area (Å²) in [7, 11) is 0. The highest BCUT2D eigenvalue weighted by Crippen LogP contribution is 2.17. The maximum Gasteiger partial charge on any atom is 0.119 e. The van der Waals surface area contributed by atoms with Gasteiger partial charge in [-0.05, 0) is 63.8 Å². The number of nitrogens with two attached hydrogens (primary N) is 1. The van der Waals surface area contributed by atoms with Crippen LogP contribution in [0.5, 0.6) is 5.75 Å². The Kier molecular flexibility index (Phi) is 6.51. The van der Waals surface area contributed by atoms with Crippen molar-refractivity contribution >= 4 is 0 Å². The minimum absolute atomic E-state index is 0.231. The third-order valence-corrected chi connectivity index (χ3v) is 2.92. The van der Waals surface area contributed by atoms with Gasteiger partial charge in [0.15, 0.2) is 0 Å². The lowest BCUT2D eigenvalue weighted by Crippen LogP contribution is -2.13. The normalized spacial score (nSPS) is 12.2. The van der Waals surface area contributed by atoms with Crippen molar-refractivity contribution in [2.45, 2.75) is 45.6 Å². The summed E-state index contributed by atoms with van der Waals surface area (Å²) in [4.78, 5) is 0. The second-order valence-corrected chi connectivity index (χ2v) is 4.96. The average Bonchev–Trinajstić information content (AvgIpc) is 2.35. The van der Waals surface area contributed by atoms with Gasteiger partial charge in [0.1, 0.15) is 5.75 Å². The van der Waals surface area contributed by atoms with Crippen LogP contribution in [0.4, 0.5) is 0 Å². The van der Waals surface area contributed by atoms with Crippen molar-refractivity contribution < 1.29 is 4.74 Å². The molecule has 0 saturated heterocycles. The summed E-state index contributed by atoms with van der Waals surface area (Å²) in [6, 6.07) is 8.36. The van der Waals surface area contributed by atoms with Gasteiger partial charge in [0.05, 0.1) is 6.10 Å². The highest BCUT2D eigenvalue weighted by atomic mass is 16.5. The molecule has 0 amide bonds. The van der Waals surface area contributed by atoms with Crippen molar-refractivity contribution in [2.75, 3.05) is 6.54 Å². The quantitative estimate of drug-likeness (QED) is 0.711. The zero-order valence-electron chi connectivity index (χ0n) is 11.6. The van der Waals surface area contributed by atoms with Gasteiger partial charge in [-0.15, -0.1) is 6.58 Å². The molecule has 0 aliphatic heterocycles. The van der Waals surface area contributed by atoms with E-state index >= 15 is 0 Å². The first-order valence-electron chi connectivity index (χ1n) is 6.72. The van der Waals surface area contributed by atoms with Crippen molar-refractivity contribution in [2.24, 2.45) is 5.73 Å². The van der Waals surface area contributed by atoms with E-state index in [1.54, 1.807) is 0 Å². The molecule has 0 fully saturated rings. The lowest BCUT2D eigenvalue weighted by atomic mass is 10.1. The van der Waals surface area contributed by atoms with Crippen LogP contribution in [0, 0.1) is 0 Å². The summed E-state index contributed by atoms with van der Waals surface area (Å²) in [6.07, 6.45) is 4.35. The van der Waals surface area contributed by atoms with Crippen molar-refractivity contribution in [1.82, 2.24) is 0 Å². The summed E-state index contributed by atoms with van der Waals surface area (Å²) < 4.78 is 5.82. The molecule has 1 rings (SSSR count). The molecule has 2 N–H and O–H groups in total. The molecule has 0 spiro atoms. The smallest absolute Gasteiger partial charge is 0.119 e. The Balaban J connectivity index is 2.42. The van der Waals surface area contributed by atoms with Crippen LogP contribution >= 0.6 is 0 Å². The third-order valence-electron chi connectivity index (χ3n) is 2.92. The van der Waals surface area contributed by atoms with Gasteiger partial charge in [0.25, 0.3) is 0 Å². The summed E-state index contributed by atoms with van der Waals surface area (Å²) >= 11 is 0. The Bertz CT molecular complexity index is 356. The summed E-state index contributed by atoms with van der Waals surface area (Å²) in [5.41, 5.74) is 8.05. The van der Waals surface area contributed by atoms with Crippen LogP contribution in [0.2, 0.25) is 0 Å². The van der Waals surface area contributed by atoms with Gasteiger partial charge in [-0.1, -0.05) is 17.7 Å². The Morgan fingerprint density at radius 3 is 2.56 bits per heavy atom. The Morgan fingerprint density at radius 1 is 1.33 bits per heavy atom. The second-order valence-electron chi connectivity index (χ2n) is 4.96. The summed E-state index contributed by atoms with van der Waals surface area (Å²) in [5.74, 6) is 0.943. The SMILES string of the molecule is C=C(C)CCc1ccc(OC(C)CCCN)cc1. The van der Waals surface area contributed by atoms with Gasteiger partial charge in [-0.3, -0.25) is 0 Å².